The number of hydrogen-bond donors (Lipinski definition) is 1. The molecule has 3 aromatic carbocycles. The predicted molar refractivity (Wildman–Crippen MR) is 135 cm³/mol. The molecule has 0 spiro atoms. The number of carbonyl (C=O) groups is 2. The Morgan fingerprint density at radius 2 is 1.60 bits per heavy atom. The highest BCUT2D eigenvalue weighted by atomic mass is 16.6. The van der Waals surface area contributed by atoms with Gasteiger partial charge in [-0.25, -0.2) is 0 Å². The van der Waals surface area contributed by atoms with Crippen LogP contribution < -0.4 is 0 Å². The third-order valence-corrected chi connectivity index (χ3v) is 6.06. The van der Waals surface area contributed by atoms with Crippen molar-refractivity contribution in [2.45, 2.75) is 19.0 Å². The normalized spacial score (nSPS) is 16.3. The van der Waals surface area contributed by atoms with Crippen LogP contribution in [0.25, 0.3) is 11.1 Å². The van der Waals surface area contributed by atoms with E-state index in [-0.39, 0.29) is 37.9 Å². The average molecular weight is 472 g/mol. The van der Waals surface area contributed by atoms with E-state index >= 15 is 0 Å². The fourth-order valence-corrected chi connectivity index (χ4v) is 4.34. The zero-order valence-electron chi connectivity index (χ0n) is 19.7. The standard InChI is InChI=1S/C28H29N3O4/c1-35-29-25-18-26(28(34)30(16-17-32)19-21-8-4-2-5-9-21)31(20-25)27(33)24-14-12-23(13-15-24)22-10-6-3-7-11-22/h2-15,26,32H,16-20H2,1H3/t26-/m0/s1. The summed E-state index contributed by atoms with van der Waals surface area (Å²) in [6.45, 7) is 0.567. The first-order valence-corrected chi connectivity index (χ1v) is 11.6. The number of aliphatic hydroxyl groups is 1. The van der Waals surface area contributed by atoms with Gasteiger partial charge in [0.2, 0.25) is 5.91 Å². The van der Waals surface area contributed by atoms with Crippen LogP contribution in [0.4, 0.5) is 0 Å². The minimum absolute atomic E-state index is 0.167. The van der Waals surface area contributed by atoms with Gasteiger partial charge in [0, 0.05) is 25.1 Å². The number of hydrogen-bond acceptors (Lipinski definition) is 5. The zero-order valence-corrected chi connectivity index (χ0v) is 19.7. The summed E-state index contributed by atoms with van der Waals surface area (Å²) >= 11 is 0. The lowest BCUT2D eigenvalue weighted by Crippen LogP contribution is -2.48. The van der Waals surface area contributed by atoms with E-state index in [1.54, 1.807) is 21.9 Å². The van der Waals surface area contributed by atoms with E-state index in [0.29, 0.717) is 17.8 Å². The predicted octanol–water partition coefficient (Wildman–Crippen LogP) is 3.59. The van der Waals surface area contributed by atoms with E-state index in [1.165, 1.54) is 7.11 Å². The fraction of sp³-hybridized carbons (Fsp3) is 0.250. The monoisotopic (exact) mass is 471 g/mol. The smallest absolute Gasteiger partial charge is 0.254 e. The molecule has 1 fully saturated rings. The van der Waals surface area contributed by atoms with E-state index in [1.807, 2.05) is 72.8 Å². The van der Waals surface area contributed by atoms with Crippen molar-refractivity contribution in [1.29, 1.82) is 0 Å². The second-order valence-electron chi connectivity index (χ2n) is 8.41. The van der Waals surface area contributed by atoms with Gasteiger partial charge in [-0.05, 0) is 28.8 Å². The summed E-state index contributed by atoms with van der Waals surface area (Å²) in [5, 5.41) is 13.6. The summed E-state index contributed by atoms with van der Waals surface area (Å²) in [5.41, 5.74) is 4.15. The second kappa shape index (κ2) is 11.4. The Bertz CT molecular complexity index is 1160. The summed E-state index contributed by atoms with van der Waals surface area (Å²) in [7, 11) is 1.45. The minimum Gasteiger partial charge on any atom is -0.399 e. The quantitative estimate of drug-likeness (QED) is 0.509. The van der Waals surface area contributed by atoms with Crippen LogP contribution in [0.5, 0.6) is 0 Å². The van der Waals surface area contributed by atoms with Crippen molar-refractivity contribution in [3.63, 3.8) is 0 Å². The molecule has 2 amide bonds. The maximum Gasteiger partial charge on any atom is 0.254 e. The van der Waals surface area contributed by atoms with Gasteiger partial charge in [-0.15, -0.1) is 0 Å². The van der Waals surface area contributed by atoms with E-state index in [9.17, 15) is 14.7 Å². The Morgan fingerprint density at radius 1 is 0.971 bits per heavy atom. The first kappa shape index (κ1) is 24.2. The number of amides is 2. The lowest BCUT2D eigenvalue weighted by atomic mass is 10.0. The maximum absolute atomic E-state index is 13.6. The average Bonchev–Trinajstić information content (AvgIpc) is 3.33. The number of carbonyl (C=O) groups excluding carboxylic acids is 2. The lowest BCUT2D eigenvalue weighted by molar-refractivity contribution is -0.136. The highest BCUT2D eigenvalue weighted by molar-refractivity contribution is 6.05. The Kier molecular flexibility index (Phi) is 7.90. The maximum atomic E-state index is 13.6. The molecule has 1 N–H and O–H groups in total. The molecule has 0 radical (unpaired) electrons. The fourth-order valence-electron chi connectivity index (χ4n) is 4.34. The Balaban J connectivity index is 1.57. The highest BCUT2D eigenvalue weighted by Gasteiger charge is 2.40. The molecule has 0 aromatic heterocycles. The van der Waals surface area contributed by atoms with Crippen LogP contribution in [0.3, 0.4) is 0 Å². The van der Waals surface area contributed by atoms with Crippen molar-refractivity contribution in [2.24, 2.45) is 5.16 Å². The molecule has 0 unspecified atom stereocenters. The van der Waals surface area contributed by atoms with Crippen LogP contribution in [0.15, 0.2) is 90.1 Å². The molecule has 0 aliphatic carbocycles. The van der Waals surface area contributed by atoms with Crippen molar-refractivity contribution in [3.8, 4) is 11.1 Å². The summed E-state index contributed by atoms with van der Waals surface area (Å²) in [6.07, 6.45) is 0.289. The third kappa shape index (κ3) is 5.75. The Labute approximate surface area is 205 Å². The number of aliphatic hydroxyl groups excluding tert-OH is 1. The first-order chi connectivity index (χ1) is 17.1. The van der Waals surface area contributed by atoms with Gasteiger partial charge in [0.15, 0.2) is 0 Å². The van der Waals surface area contributed by atoms with Crippen molar-refractivity contribution >= 4 is 17.5 Å². The molecule has 1 aliphatic heterocycles. The molecule has 180 valence electrons. The van der Waals surface area contributed by atoms with E-state index < -0.39 is 6.04 Å². The van der Waals surface area contributed by atoms with E-state index in [0.717, 1.165) is 16.7 Å². The Morgan fingerprint density at radius 3 is 2.23 bits per heavy atom. The van der Waals surface area contributed by atoms with Gasteiger partial charge in [0.05, 0.1) is 18.9 Å². The van der Waals surface area contributed by atoms with Crippen LogP contribution in [0, 0.1) is 0 Å². The van der Waals surface area contributed by atoms with Crippen LogP contribution in [0.1, 0.15) is 22.3 Å². The van der Waals surface area contributed by atoms with Crippen molar-refractivity contribution < 1.29 is 19.5 Å². The summed E-state index contributed by atoms with van der Waals surface area (Å²) in [6, 6.07) is 26.2. The minimum atomic E-state index is -0.722. The van der Waals surface area contributed by atoms with Gasteiger partial charge in [0.25, 0.3) is 5.91 Å². The highest BCUT2D eigenvalue weighted by Crippen LogP contribution is 2.24. The van der Waals surface area contributed by atoms with E-state index in [2.05, 4.69) is 5.16 Å². The van der Waals surface area contributed by atoms with Crippen LogP contribution in [-0.2, 0) is 16.2 Å². The number of rotatable bonds is 8. The molecular weight excluding hydrogens is 442 g/mol. The van der Waals surface area contributed by atoms with Crippen molar-refractivity contribution in [2.75, 3.05) is 26.8 Å². The molecule has 1 saturated heterocycles. The number of benzene rings is 3. The van der Waals surface area contributed by atoms with Gasteiger partial charge in [-0.2, -0.15) is 0 Å². The molecule has 1 heterocycles. The molecule has 0 saturated carbocycles. The number of oxime groups is 1. The molecular formula is C28H29N3O4. The van der Waals surface area contributed by atoms with Crippen LogP contribution in [0.2, 0.25) is 0 Å². The summed E-state index contributed by atoms with van der Waals surface area (Å²) < 4.78 is 0. The molecule has 1 atom stereocenters. The third-order valence-electron chi connectivity index (χ3n) is 6.06. The SMILES string of the molecule is CON=C1C[C@@H](C(=O)N(CCO)Cc2ccccc2)N(C(=O)c2ccc(-c3ccccc3)cc2)C1. The molecule has 35 heavy (non-hydrogen) atoms. The van der Waals surface area contributed by atoms with Crippen LogP contribution >= 0.6 is 0 Å². The summed E-state index contributed by atoms with van der Waals surface area (Å²) in [5.74, 6) is -0.466. The van der Waals surface area contributed by atoms with Crippen molar-refractivity contribution in [3.05, 3.63) is 96.1 Å². The number of likely N-dealkylation sites (tertiary alicyclic amines) is 1. The van der Waals surface area contributed by atoms with Gasteiger partial charge in [-0.1, -0.05) is 78.0 Å². The van der Waals surface area contributed by atoms with Gasteiger partial charge < -0.3 is 19.7 Å². The van der Waals surface area contributed by atoms with Crippen molar-refractivity contribution in [1.82, 2.24) is 9.80 Å². The van der Waals surface area contributed by atoms with E-state index in [4.69, 9.17) is 4.84 Å². The summed E-state index contributed by atoms with van der Waals surface area (Å²) in [4.78, 5) is 35.2. The van der Waals surface area contributed by atoms with Crippen LogP contribution in [-0.4, -0.2) is 65.3 Å². The molecule has 7 heteroatoms. The first-order valence-electron chi connectivity index (χ1n) is 11.6. The van der Waals surface area contributed by atoms with Gasteiger partial charge >= 0.3 is 0 Å². The second-order valence-corrected chi connectivity index (χ2v) is 8.41. The lowest BCUT2D eigenvalue weighted by Gasteiger charge is -2.30. The molecule has 4 rings (SSSR count). The molecule has 1 aliphatic rings. The zero-order chi connectivity index (χ0) is 24.6. The Hall–Kier alpha value is -3.97. The topological polar surface area (TPSA) is 82.4 Å². The molecule has 0 bridgehead atoms. The largest absolute Gasteiger partial charge is 0.399 e. The molecule has 3 aromatic rings. The number of nitrogens with zero attached hydrogens (tertiary/aromatic N) is 3. The molecule has 7 nitrogen and oxygen atoms in total. The van der Waals surface area contributed by atoms with Gasteiger partial charge in [0.1, 0.15) is 13.2 Å². The van der Waals surface area contributed by atoms with Gasteiger partial charge in [-0.3, -0.25) is 9.59 Å².